The number of pyridine rings is 1. The summed E-state index contributed by atoms with van der Waals surface area (Å²) in [5.41, 5.74) is 10.1. The molecule has 0 fully saturated rings. The Labute approximate surface area is 150 Å². The van der Waals surface area contributed by atoms with Crippen LogP contribution in [0.5, 0.6) is 0 Å². The third-order valence-corrected chi connectivity index (χ3v) is 4.08. The van der Waals surface area contributed by atoms with E-state index in [1.807, 2.05) is 19.1 Å². The molecule has 1 amide bonds. The smallest absolute Gasteiger partial charge is 0.252 e. The van der Waals surface area contributed by atoms with Crippen LogP contribution in [0, 0.1) is 6.92 Å². The molecule has 3 aromatic rings. The van der Waals surface area contributed by atoms with Gasteiger partial charge in [-0.25, -0.2) is 9.97 Å². The van der Waals surface area contributed by atoms with Crippen LogP contribution in [0.1, 0.15) is 16.1 Å². The van der Waals surface area contributed by atoms with Gasteiger partial charge in [-0.15, -0.1) is 0 Å². The summed E-state index contributed by atoms with van der Waals surface area (Å²) in [5, 5.41) is 2.90. The molecule has 2 heterocycles. The lowest BCUT2D eigenvalue weighted by atomic mass is 9.98. The molecule has 3 rings (SSSR count). The first-order valence-electron chi connectivity index (χ1n) is 7.57. The Morgan fingerprint density at radius 3 is 2.64 bits per heavy atom. The molecule has 0 unspecified atom stereocenters. The fourth-order valence-corrected chi connectivity index (χ4v) is 2.91. The minimum absolute atomic E-state index is 0.173. The second kappa shape index (κ2) is 6.86. The van der Waals surface area contributed by atoms with E-state index in [0.29, 0.717) is 16.3 Å². The maximum atomic E-state index is 11.8. The topological polar surface area (TPSA) is 93.8 Å². The van der Waals surface area contributed by atoms with Gasteiger partial charge in [-0.2, -0.15) is 0 Å². The molecule has 0 spiro atoms. The molecule has 0 saturated carbocycles. The van der Waals surface area contributed by atoms with Crippen molar-refractivity contribution in [3.63, 3.8) is 0 Å². The normalized spacial score (nSPS) is 10.5. The largest absolute Gasteiger partial charge is 0.368 e. The van der Waals surface area contributed by atoms with E-state index >= 15 is 0 Å². The van der Waals surface area contributed by atoms with Crippen LogP contribution in [0.25, 0.3) is 22.4 Å². The molecule has 6 nitrogen and oxygen atoms in total. The van der Waals surface area contributed by atoms with Gasteiger partial charge in [0, 0.05) is 36.1 Å². The summed E-state index contributed by atoms with van der Waals surface area (Å²) in [7, 11) is 1.56. The molecule has 0 bridgehead atoms. The Balaban J connectivity index is 2.21. The molecule has 0 aliphatic rings. The Bertz CT molecular complexity index is 944. The maximum absolute atomic E-state index is 11.8. The number of nitrogens with one attached hydrogen (secondary N) is 1. The van der Waals surface area contributed by atoms with Gasteiger partial charge in [-0.05, 0) is 25.1 Å². The molecule has 126 valence electrons. The van der Waals surface area contributed by atoms with Gasteiger partial charge < -0.3 is 11.1 Å². The highest BCUT2D eigenvalue weighted by molar-refractivity contribution is 6.34. The van der Waals surface area contributed by atoms with Crippen LogP contribution < -0.4 is 11.1 Å². The average Bonchev–Trinajstić information content (AvgIpc) is 2.61. The van der Waals surface area contributed by atoms with Gasteiger partial charge in [-0.1, -0.05) is 23.7 Å². The Hall–Kier alpha value is -2.99. The molecule has 0 aliphatic heterocycles. The third-order valence-electron chi connectivity index (χ3n) is 3.77. The van der Waals surface area contributed by atoms with Crippen LogP contribution in [-0.4, -0.2) is 27.9 Å². The summed E-state index contributed by atoms with van der Waals surface area (Å²) in [4.78, 5) is 24.6. The van der Waals surface area contributed by atoms with E-state index in [-0.39, 0.29) is 11.9 Å². The number of anilines is 1. The van der Waals surface area contributed by atoms with E-state index in [1.54, 1.807) is 37.6 Å². The number of rotatable bonds is 3. The molecular formula is C18H16ClN5O. The second-order valence-corrected chi connectivity index (χ2v) is 5.81. The average molecular weight is 354 g/mol. The lowest BCUT2D eigenvalue weighted by Gasteiger charge is -2.13. The Kier molecular flexibility index (Phi) is 4.63. The number of hydrogen-bond acceptors (Lipinski definition) is 5. The number of aryl methyl sites for hydroxylation is 1. The van der Waals surface area contributed by atoms with E-state index in [0.717, 1.165) is 22.4 Å². The predicted molar refractivity (Wildman–Crippen MR) is 98.2 cm³/mol. The number of nitrogens with zero attached hydrogens (tertiary/aromatic N) is 3. The lowest BCUT2D eigenvalue weighted by Crippen LogP contribution is -2.18. The van der Waals surface area contributed by atoms with E-state index in [4.69, 9.17) is 17.3 Å². The van der Waals surface area contributed by atoms with Crippen molar-refractivity contribution in [3.05, 3.63) is 59.0 Å². The molecule has 0 saturated heterocycles. The van der Waals surface area contributed by atoms with E-state index in [1.165, 1.54) is 0 Å². The lowest BCUT2D eigenvalue weighted by molar-refractivity contribution is 0.0963. The van der Waals surface area contributed by atoms with Crippen molar-refractivity contribution in [2.45, 2.75) is 6.92 Å². The number of aromatic nitrogens is 3. The van der Waals surface area contributed by atoms with Crippen molar-refractivity contribution >= 4 is 23.5 Å². The number of carbonyl (C=O) groups excluding carboxylic acids is 1. The quantitative estimate of drug-likeness (QED) is 0.754. The molecule has 2 aromatic heterocycles. The highest BCUT2D eigenvalue weighted by Crippen LogP contribution is 2.34. The third kappa shape index (κ3) is 3.29. The maximum Gasteiger partial charge on any atom is 0.252 e. The zero-order valence-corrected chi connectivity index (χ0v) is 14.5. The second-order valence-electron chi connectivity index (χ2n) is 5.41. The first-order chi connectivity index (χ1) is 12.0. The van der Waals surface area contributed by atoms with Gasteiger partial charge in [0.1, 0.15) is 0 Å². The summed E-state index contributed by atoms with van der Waals surface area (Å²) in [5.74, 6) is -0.0749. The van der Waals surface area contributed by atoms with Gasteiger partial charge in [-0.3, -0.25) is 9.78 Å². The summed E-state index contributed by atoms with van der Waals surface area (Å²) in [6.45, 7) is 1.87. The zero-order chi connectivity index (χ0) is 18.0. The number of halogens is 1. The first-order valence-corrected chi connectivity index (χ1v) is 7.95. The van der Waals surface area contributed by atoms with Gasteiger partial charge in [0.25, 0.3) is 5.91 Å². The van der Waals surface area contributed by atoms with Crippen LogP contribution in [0.4, 0.5) is 5.95 Å². The van der Waals surface area contributed by atoms with Crippen molar-refractivity contribution in [3.8, 4) is 22.4 Å². The van der Waals surface area contributed by atoms with E-state index in [2.05, 4.69) is 20.3 Å². The minimum atomic E-state index is -0.248. The van der Waals surface area contributed by atoms with Crippen LogP contribution in [-0.2, 0) is 0 Å². The van der Waals surface area contributed by atoms with Crippen molar-refractivity contribution in [1.82, 2.24) is 20.3 Å². The van der Waals surface area contributed by atoms with Crippen LogP contribution >= 0.6 is 11.6 Å². The summed E-state index contributed by atoms with van der Waals surface area (Å²) in [6, 6.07) is 8.93. The van der Waals surface area contributed by atoms with Crippen LogP contribution in [0.2, 0.25) is 5.02 Å². The number of benzene rings is 1. The van der Waals surface area contributed by atoms with Crippen molar-refractivity contribution in [2.24, 2.45) is 0 Å². The van der Waals surface area contributed by atoms with Crippen molar-refractivity contribution in [2.75, 3.05) is 12.8 Å². The summed E-state index contributed by atoms with van der Waals surface area (Å²) in [6.07, 6.45) is 3.44. The molecule has 0 aliphatic carbocycles. The molecule has 7 heteroatoms. The van der Waals surface area contributed by atoms with Crippen molar-refractivity contribution < 1.29 is 4.79 Å². The summed E-state index contributed by atoms with van der Waals surface area (Å²) >= 11 is 6.28. The van der Waals surface area contributed by atoms with Crippen LogP contribution in [0.3, 0.4) is 0 Å². The Morgan fingerprint density at radius 2 is 2.00 bits per heavy atom. The highest BCUT2D eigenvalue weighted by atomic mass is 35.5. The van der Waals surface area contributed by atoms with Gasteiger partial charge in [0.2, 0.25) is 5.95 Å². The van der Waals surface area contributed by atoms with Crippen LogP contribution in [0.15, 0.2) is 42.7 Å². The highest BCUT2D eigenvalue weighted by Gasteiger charge is 2.17. The standard InChI is InChI=1S/C18H16ClN5O/c1-10-15(12-4-3-7-22-9-12)16(24-18(20)23-10)11-5-6-13(14(19)8-11)17(25)21-2/h3-9H,1-2H3,(H,21,25)(H2,20,23,24). The SMILES string of the molecule is CNC(=O)c1ccc(-c2nc(N)nc(C)c2-c2cccnc2)cc1Cl. The van der Waals surface area contributed by atoms with Crippen molar-refractivity contribution in [1.29, 1.82) is 0 Å². The fraction of sp³-hybridized carbons (Fsp3) is 0.111. The molecule has 25 heavy (non-hydrogen) atoms. The number of hydrogen-bond donors (Lipinski definition) is 2. The van der Waals surface area contributed by atoms with E-state index < -0.39 is 0 Å². The minimum Gasteiger partial charge on any atom is -0.368 e. The monoisotopic (exact) mass is 353 g/mol. The molecule has 3 N–H and O–H groups in total. The number of nitrogen functional groups attached to an aromatic ring is 1. The number of nitrogens with two attached hydrogens (primary N) is 1. The Morgan fingerprint density at radius 1 is 1.20 bits per heavy atom. The molecule has 1 aromatic carbocycles. The first kappa shape index (κ1) is 16.9. The molecular weight excluding hydrogens is 338 g/mol. The van der Waals surface area contributed by atoms with E-state index in [9.17, 15) is 4.79 Å². The van der Waals surface area contributed by atoms with Gasteiger partial charge in [0.15, 0.2) is 0 Å². The fourth-order valence-electron chi connectivity index (χ4n) is 2.64. The summed E-state index contributed by atoms with van der Waals surface area (Å²) < 4.78 is 0. The predicted octanol–water partition coefficient (Wildman–Crippen LogP) is 3.11. The molecule has 0 radical (unpaired) electrons. The zero-order valence-electron chi connectivity index (χ0n) is 13.7. The molecule has 0 atom stereocenters. The number of amides is 1. The van der Waals surface area contributed by atoms with Gasteiger partial charge in [0.05, 0.1) is 22.0 Å². The number of carbonyl (C=O) groups is 1. The van der Waals surface area contributed by atoms with Gasteiger partial charge >= 0.3 is 0 Å².